The molecule has 3 heterocycles. The van der Waals surface area contributed by atoms with E-state index in [0.29, 0.717) is 16.5 Å². The number of allylic oxidation sites excluding steroid dienone is 1. The number of rotatable bonds is 1. The Kier molecular flexibility index (Phi) is 4.77. The van der Waals surface area contributed by atoms with Crippen LogP contribution in [0.1, 0.15) is 36.5 Å². The van der Waals surface area contributed by atoms with Crippen LogP contribution in [0.5, 0.6) is 0 Å². The summed E-state index contributed by atoms with van der Waals surface area (Å²) in [4.78, 5) is 19.8. The Morgan fingerprint density at radius 2 is 1.86 bits per heavy atom. The summed E-state index contributed by atoms with van der Waals surface area (Å²) in [6.07, 6.45) is 1.81. The molecule has 0 N–H and O–H groups in total. The number of carbonyl (C=O) groups excluding carboxylic acids is 1. The third-order valence-electron chi connectivity index (χ3n) is 6.06. The highest BCUT2D eigenvalue weighted by molar-refractivity contribution is 8.18. The molecule has 3 aliphatic rings. The molecule has 0 radical (unpaired) electrons. The molecule has 6 heteroatoms. The molecule has 0 bridgehead atoms. The van der Waals surface area contributed by atoms with Crippen molar-refractivity contribution < 1.29 is 9.53 Å². The molecule has 1 saturated heterocycles. The largest absolute Gasteiger partial charge is 0.365 e. The molecular weight excluding hydrogens is 404 g/mol. The van der Waals surface area contributed by atoms with Crippen molar-refractivity contribution in [3.63, 3.8) is 0 Å². The lowest BCUT2D eigenvalue weighted by Crippen LogP contribution is -2.44. The second kappa shape index (κ2) is 7.31. The highest BCUT2D eigenvalue weighted by Gasteiger charge is 2.43. The number of benzene rings is 2. The fraction of sp³-hybridized carbons (Fsp3) is 0.304. The summed E-state index contributed by atoms with van der Waals surface area (Å²) in [5.41, 5.74) is 4.20. The van der Waals surface area contributed by atoms with E-state index in [-0.39, 0.29) is 11.5 Å². The van der Waals surface area contributed by atoms with Crippen LogP contribution < -0.4 is 0 Å². The van der Waals surface area contributed by atoms with Gasteiger partial charge in [0, 0.05) is 18.1 Å². The van der Waals surface area contributed by atoms with Gasteiger partial charge in [0.05, 0.1) is 17.1 Å². The summed E-state index contributed by atoms with van der Waals surface area (Å²) < 4.78 is 6.25. The van der Waals surface area contributed by atoms with Crippen molar-refractivity contribution in [2.45, 2.75) is 32.0 Å². The van der Waals surface area contributed by atoms with Crippen molar-refractivity contribution in [1.29, 1.82) is 0 Å². The maximum atomic E-state index is 12.6. The topological polar surface area (TPSA) is 41.9 Å². The molecule has 2 aromatic carbocycles. The molecule has 1 amide bonds. The molecule has 0 aliphatic carbocycles. The fourth-order valence-corrected chi connectivity index (χ4v) is 5.71. The van der Waals surface area contributed by atoms with Crippen LogP contribution in [0.25, 0.3) is 5.57 Å². The molecule has 0 aromatic heterocycles. The van der Waals surface area contributed by atoms with Crippen LogP contribution in [-0.2, 0) is 21.7 Å². The summed E-state index contributed by atoms with van der Waals surface area (Å²) in [5.74, 6) is -0.176. The molecule has 5 rings (SSSR count). The first-order valence-corrected chi connectivity index (χ1v) is 11.0. The Balaban J connectivity index is 1.33. The van der Waals surface area contributed by atoms with Gasteiger partial charge in [0.25, 0.3) is 5.91 Å². The first kappa shape index (κ1) is 18.9. The Hall–Kier alpha value is -2.08. The Morgan fingerprint density at radius 1 is 1.14 bits per heavy atom. The van der Waals surface area contributed by atoms with Crippen molar-refractivity contribution >= 4 is 40.0 Å². The molecule has 1 fully saturated rings. The summed E-state index contributed by atoms with van der Waals surface area (Å²) in [6.45, 7) is 4.28. The predicted molar refractivity (Wildman–Crippen MR) is 118 cm³/mol. The van der Waals surface area contributed by atoms with Gasteiger partial charge in [-0.15, -0.1) is 0 Å². The summed E-state index contributed by atoms with van der Waals surface area (Å²) in [6, 6.07) is 16.1. The highest BCUT2D eigenvalue weighted by Crippen LogP contribution is 2.45. The van der Waals surface area contributed by atoms with Gasteiger partial charge >= 0.3 is 0 Å². The average molecular weight is 425 g/mol. The molecule has 148 valence electrons. The van der Waals surface area contributed by atoms with E-state index >= 15 is 0 Å². The smallest absolute Gasteiger partial charge is 0.286 e. The first-order chi connectivity index (χ1) is 14.1. The number of halogens is 1. The number of amidine groups is 1. The van der Waals surface area contributed by atoms with E-state index in [4.69, 9.17) is 16.3 Å². The van der Waals surface area contributed by atoms with Gasteiger partial charge in [0.1, 0.15) is 0 Å². The van der Waals surface area contributed by atoms with Gasteiger partial charge in [-0.25, -0.2) is 0 Å². The molecule has 4 nitrogen and oxygen atoms in total. The van der Waals surface area contributed by atoms with Gasteiger partial charge in [0.15, 0.2) is 5.17 Å². The average Bonchev–Trinajstić information content (AvgIpc) is 3.30. The van der Waals surface area contributed by atoms with Crippen LogP contribution in [0.2, 0.25) is 5.02 Å². The predicted octanol–water partition coefficient (Wildman–Crippen LogP) is 5.22. The zero-order valence-corrected chi connectivity index (χ0v) is 17.7. The number of nitrogens with zero attached hydrogens (tertiary/aromatic N) is 2. The molecule has 29 heavy (non-hydrogen) atoms. The van der Waals surface area contributed by atoms with Crippen molar-refractivity contribution in [3.05, 3.63) is 75.1 Å². The van der Waals surface area contributed by atoms with E-state index in [0.717, 1.165) is 42.2 Å². The minimum atomic E-state index is -0.187. The monoisotopic (exact) mass is 424 g/mol. The number of aliphatic imine (C=N–C) groups is 1. The standard InChI is InChI=1S/C23H21ClN2O2S/c1-15(17-7-3-5-9-19(17)24)20-21(27)25-22(29-20)26-12-10-23(11-13-26)18-8-4-2-6-16(18)14-28-23/h2-9H,10-14H2,1H3/b20-15-. The van der Waals surface area contributed by atoms with Crippen LogP contribution in [0, 0.1) is 0 Å². The number of ether oxygens (including phenoxy) is 1. The third-order valence-corrected chi connectivity index (χ3v) is 7.60. The molecule has 0 saturated carbocycles. The summed E-state index contributed by atoms with van der Waals surface area (Å²) in [5, 5.41) is 1.44. The maximum Gasteiger partial charge on any atom is 0.286 e. The van der Waals surface area contributed by atoms with Gasteiger partial charge in [-0.3, -0.25) is 4.79 Å². The quantitative estimate of drug-likeness (QED) is 0.588. The van der Waals surface area contributed by atoms with Crippen LogP contribution >= 0.6 is 23.4 Å². The van der Waals surface area contributed by atoms with E-state index in [1.54, 1.807) is 0 Å². The van der Waals surface area contributed by atoms with Crippen molar-refractivity contribution in [2.24, 2.45) is 4.99 Å². The third kappa shape index (κ3) is 3.21. The van der Waals surface area contributed by atoms with Crippen LogP contribution in [0.4, 0.5) is 0 Å². The first-order valence-electron chi connectivity index (χ1n) is 9.81. The van der Waals surface area contributed by atoms with Crippen LogP contribution in [0.15, 0.2) is 58.4 Å². The lowest BCUT2D eigenvalue weighted by atomic mass is 9.84. The van der Waals surface area contributed by atoms with Crippen molar-refractivity contribution in [1.82, 2.24) is 4.90 Å². The Bertz CT molecular complexity index is 1050. The van der Waals surface area contributed by atoms with E-state index in [2.05, 4.69) is 34.2 Å². The normalized spacial score (nSPS) is 22.1. The number of carbonyl (C=O) groups is 1. The van der Waals surface area contributed by atoms with E-state index < -0.39 is 0 Å². The van der Waals surface area contributed by atoms with Crippen LogP contribution in [0.3, 0.4) is 0 Å². The van der Waals surface area contributed by atoms with Gasteiger partial charge in [-0.1, -0.05) is 54.1 Å². The maximum absolute atomic E-state index is 12.6. The number of fused-ring (bicyclic) bond motifs is 2. The zero-order chi connectivity index (χ0) is 20.0. The molecular formula is C23H21ClN2O2S. The molecule has 0 unspecified atom stereocenters. The highest BCUT2D eigenvalue weighted by atomic mass is 35.5. The number of piperidine rings is 1. The lowest BCUT2D eigenvalue weighted by molar-refractivity contribution is -0.113. The molecule has 2 aromatic rings. The van der Waals surface area contributed by atoms with Gasteiger partial charge in [0.2, 0.25) is 0 Å². The lowest BCUT2D eigenvalue weighted by Gasteiger charge is -2.39. The minimum absolute atomic E-state index is 0.176. The number of hydrogen-bond donors (Lipinski definition) is 0. The fourth-order valence-electron chi connectivity index (χ4n) is 4.41. The molecule has 1 spiro atoms. The number of likely N-dealkylation sites (tertiary alicyclic amines) is 1. The van der Waals surface area contributed by atoms with Crippen molar-refractivity contribution in [2.75, 3.05) is 13.1 Å². The van der Waals surface area contributed by atoms with E-state index in [1.165, 1.54) is 22.9 Å². The van der Waals surface area contributed by atoms with E-state index in [9.17, 15) is 4.79 Å². The van der Waals surface area contributed by atoms with Crippen molar-refractivity contribution in [3.8, 4) is 0 Å². The second-order valence-corrected chi connectivity index (χ2v) is 9.05. The summed E-state index contributed by atoms with van der Waals surface area (Å²) >= 11 is 7.78. The second-order valence-electron chi connectivity index (χ2n) is 7.66. The van der Waals surface area contributed by atoms with Gasteiger partial charge < -0.3 is 9.64 Å². The molecule has 3 aliphatic heterocycles. The van der Waals surface area contributed by atoms with E-state index in [1.807, 2.05) is 31.2 Å². The van der Waals surface area contributed by atoms with Gasteiger partial charge in [-0.2, -0.15) is 4.99 Å². The zero-order valence-electron chi connectivity index (χ0n) is 16.2. The number of thioether (sulfide) groups is 1. The number of hydrogen-bond acceptors (Lipinski definition) is 4. The number of amides is 1. The minimum Gasteiger partial charge on any atom is -0.365 e. The Labute approximate surface area is 179 Å². The van der Waals surface area contributed by atoms with Crippen LogP contribution in [-0.4, -0.2) is 29.1 Å². The summed E-state index contributed by atoms with van der Waals surface area (Å²) in [7, 11) is 0. The van der Waals surface area contributed by atoms with Gasteiger partial charge in [-0.05, 0) is 59.9 Å². The molecule has 0 atom stereocenters. The SMILES string of the molecule is C/C(=C1/SC(N2CCC3(CC2)OCc2ccccc23)=NC1=O)c1ccccc1Cl. The Morgan fingerprint density at radius 3 is 2.66 bits per heavy atom.